The first-order valence-electron chi connectivity index (χ1n) is 12.5. The molecule has 190 valence electrons. The van der Waals surface area contributed by atoms with Gasteiger partial charge in [-0.3, -0.25) is 9.69 Å². The Morgan fingerprint density at radius 3 is 2.46 bits per heavy atom. The number of halogens is 2. The molecule has 1 amide bonds. The monoisotopic (exact) mass is 486 g/mol. The number of benzene rings is 1. The number of carbonyl (C=O) groups excluding carboxylic acids is 1. The van der Waals surface area contributed by atoms with Crippen LogP contribution in [0.5, 0.6) is 0 Å². The van der Waals surface area contributed by atoms with Crippen molar-refractivity contribution in [1.29, 1.82) is 10.8 Å². The van der Waals surface area contributed by atoms with Crippen LogP contribution in [-0.2, 0) is 4.79 Å². The Morgan fingerprint density at radius 2 is 1.86 bits per heavy atom. The van der Waals surface area contributed by atoms with E-state index in [-0.39, 0.29) is 34.6 Å². The molecular weight excluding hydrogens is 450 g/mol. The molecule has 1 aliphatic heterocycles. The summed E-state index contributed by atoms with van der Waals surface area (Å²) in [6.07, 6.45) is 4.09. The zero-order chi connectivity index (χ0) is 25.5. The molecule has 6 nitrogen and oxygen atoms in total. The molecule has 1 aromatic carbocycles. The molecular formula is C27H36F2N4O2. The SMILES string of the molecule is CCN(C[C@@]12CC[C@@H](/C(=C/C(=N)c3c(F)cccc3F)C1=N)C2(C)C)C(=O)CN1CCC(O)CC1. The quantitative estimate of drug-likeness (QED) is 0.509. The molecule has 1 aromatic rings. The Bertz CT molecular complexity index is 1040. The topological polar surface area (TPSA) is 91.5 Å². The van der Waals surface area contributed by atoms with Gasteiger partial charge in [0, 0.05) is 37.3 Å². The molecule has 3 N–H and O–H groups in total. The van der Waals surface area contributed by atoms with Crippen LogP contribution in [-0.4, -0.2) is 71.1 Å². The molecule has 0 radical (unpaired) electrons. The smallest absolute Gasteiger partial charge is 0.236 e. The Kier molecular flexibility index (Phi) is 6.99. The van der Waals surface area contributed by atoms with E-state index in [0.29, 0.717) is 56.9 Å². The first-order chi connectivity index (χ1) is 16.5. The fraction of sp³-hybridized carbons (Fsp3) is 0.593. The van der Waals surface area contributed by atoms with Gasteiger partial charge in [-0.1, -0.05) is 19.9 Å². The maximum Gasteiger partial charge on any atom is 0.236 e. The minimum atomic E-state index is -0.788. The van der Waals surface area contributed by atoms with Crippen molar-refractivity contribution in [3.63, 3.8) is 0 Å². The second-order valence-corrected chi connectivity index (χ2v) is 10.8. The number of amides is 1. The number of nitrogens with one attached hydrogen (secondary N) is 2. The molecule has 35 heavy (non-hydrogen) atoms. The Labute approximate surface area is 206 Å². The summed E-state index contributed by atoms with van der Waals surface area (Å²) < 4.78 is 28.6. The lowest BCUT2D eigenvalue weighted by molar-refractivity contribution is -0.134. The molecule has 0 unspecified atom stereocenters. The summed E-state index contributed by atoms with van der Waals surface area (Å²) in [5, 5.41) is 27.3. The van der Waals surface area contributed by atoms with E-state index in [4.69, 9.17) is 10.8 Å². The first-order valence-corrected chi connectivity index (χ1v) is 12.5. The summed E-state index contributed by atoms with van der Waals surface area (Å²) in [6, 6.07) is 3.54. The minimum Gasteiger partial charge on any atom is -0.393 e. The second-order valence-electron chi connectivity index (χ2n) is 10.8. The highest BCUT2D eigenvalue weighted by Gasteiger charge is 2.65. The lowest BCUT2D eigenvalue weighted by Gasteiger charge is -2.42. The number of piperidine rings is 1. The largest absolute Gasteiger partial charge is 0.393 e. The summed E-state index contributed by atoms with van der Waals surface area (Å²) in [5.41, 5.74) is -0.502. The van der Waals surface area contributed by atoms with E-state index < -0.39 is 17.0 Å². The summed E-state index contributed by atoms with van der Waals surface area (Å²) in [4.78, 5) is 17.1. The number of allylic oxidation sites excluding steroid dienone is 2. The van der Waals surface area contributed by atoms with Crippen LogP contribution in [0.4, 0.5) is 8.78 Å². The van der Waals surface area contributed by atoms with Crippen molar-refractivity contribution in [3.05, 3.63) is 47.0 Å². The average molecular weight is 487 g/mol. The summed E-state index contributed by atoms with van der Waals surface area (Å²) in [7, 11) is 0. The van der Waals surface area contributed by atoms with Crippen LogP contribution < -0.4 is 0 Å². The van der Waals surface area contributed by atoms with Gasteiger partial charge in [-0.25, -0.2) is 8.78 Å². The number of fused-ring (bicyclic) bond motifs is 2. The standard InChI is InChI=1S/C27H36F2N4O2/c1-4-33(23(35)15-32-12-9-17(34)10-13-32)16-27-11-8-19(26(27,2)3)18(25(27)31)14-22(30)24-20(28)6-5-7-21(24)29/h5-7,14,17,19,30-31,34H,4,8-13,15-16H2,1-3H3/b18-14-,30-22?,31-25?/t19-,27-/m0/s1. The van der Waals surface area contributed by atoms with Crippen molar-refractivity contribution >= 4 is 17.3 Å². The molecule has 1 saturated heterocycles. The maximum atomic E-state index is 14.3. The highest BCUT2D eigenvalue weighted by Crippen LogP contribution is 2.66. The summed E-state index contributed by atoms with van der Waals surface area (Å²) in [5.74, 6) is -1.57. The average Bonchev–Trinajstić information content (AvgIpc) is 3.14. The minimum absolute atomic E-state index is 0.0115. The number of carbonyl (C=O) groups is 1. The molecule has 2 atom stereocenters. The van der Waals surface area contributed by atoms with Gasteiger partial charge in [0.15, 0.2) is 0 Å². The lowest BCUT2D eigenvalue weighted by Crippen LogP contribution is -2.51. The number of likely N-dealkylation sites (N-methyl/N-ethyl adjacent to an activating group) is 1. The number of rotatable bonds is 7. The Balaban J connectivity index is 1.57. The predicted octanol–water partition coefficient (Wildman–Crippen LogP) is 4.02. The highest BCUT2D eigenvalue weighted by molar-refractivity contribution is 6.15. The molecule has 3 aliphatic rings. The Hall–Kier alpha value is -2.45. The zero-order valence-corrected chi connectivity index (χ0v) is 20.8. The summed E-state index contributed by atoms with van der Waals surface area (Å²) >= 11 is 0. The van der Waals surface area contributed by atoms with Gasteiger partial charge in [0.1, 0.15) is 11.6 Å². The highest BCUT2D eigenvalue weighted by atomic mass is 19.1. The molecule has 3 fully saturated rings. The Morgan fingerprint density at radius 1 is 1.23 bits per heavy atom. The first kappa shape index (κ1) is 25.6. The van der Waals surface area contributed by atoms with Crippen LogP contribution in [0.25, 0.3) is 0 Å². The molecule has 4 rings (SSSR count). The number of aliphatic hydroxyl groups is 1. The lowest BCUT2D eigenvalue weighted by atomic mass is 9.68. The van der Waals surface area contributed by atoms with Crippen molar-refractivity contribution in [3.8, 4) is 0 Å². The number of hydrogen-bond donors (Lipinski definition) is 3. The van der Waals surface area contributed by atoms with Gasteiger partial charge in [0.2, 0.25) is 5.91 Å². The van der Waals surface area contributed by atoms with E-state index in [2.05, 4.69) is 18.7 Å². The van der Waals surface area contributed by atoms with Crippen LogP contribution in [0.2, 0.25) is 0 Å². The molecule has 2 bridgehead atoms. The van der Waals surface area contributed by atoms with E-state index in [0.717, 1.165) is 25.0 Å². The van der Waals surface area contributed by atoms with Crippen LogP contribution in [0.15, 0.2) is 29.8 Å². The zero-order valence-electron chi connectivity index (χ0n) is 20.8. The van der Waals surface area contributed by atoms with Gasteiger partial charge in [-0.2, -0.15) is 0 Å². The van der Waals surface area contributed by atoms with Gasteiger partial charge in [-0.15, -0.1) is 0 Å². The summed E-state index contributed by atoms with van der Waals surface area (Å²) in [6.45, 7) is 8.80. The van der Waals surface area contributed by atoms with Crippen LogP contribution >= 0.6 is 0 Å². The third-order valence-electron chi connectivity index (χ3n) is 8.75. The molecule has 2 aliphatic carbocycles. The van der Waals surface area contributed by atoms with Gasteiger partial charge < -0.3 is 20.8 Å². The van der Waals surface area contributed by atoms with Gasteiger partial charge in [-0.05, 0) is 67.7 Å². The van der Waals surface area contributed by atoms with Crippen LogP contribution in [0.3, 0.4) is 0 Å². The molecule has 8 heteroatoms. The normalized spacial score (nSPS) is 27.5. The van der Waals surface area contributed by atoms with Gasteiger partial charge >= 0.3 is 0 Å². The molecule has 0 spiro atoms. The van der Waals surface area contributed by atoms with E-state index in [9.17, 15) is 18.7 Å². The van der Waals surface area contributed by atoms with E-state index >= 15 is 0 Å². The van der Waals surface area contributed by atoms with E-state index in [1.54, 1.807) is 0 Å². The van der Waals surface area contributed by atoms with Crippen LogP contribution in [0, 0.1) is 39.2 Å². The van der Waals surface area contributed by atoms with Gasteiger partial charge in [0.25, 0.3) is 0 Å². The molecule has 2 saturated carbocycles. The van der Waals surface area contributed by atoms with Crippen molar-refractivity contribution in [2.75, 3.05) is 32.7 Å². The third kappa shape index (κ3) is 4.35. The second kappa shape index (κ2) is 9.54. The maximum absolute atomic E-state index is 14.3. The van der Waals surface area contributed by atoms with E-state index in [1.807, 2.05) is 11.8 Å². The van der Waals surface area contributed by atoms with Gasteiger partial charge in [0.05, 0.1) is 23.9 Å². The van der Waals surface area contributed by atoms with Crippen molar-refractivity contribution < 1.29 is 18.7 Å². The molecule has 0 aromatic heterocycles. The fourth-order valence-electron chi connectivity index (χ4n) is 6.44. The van der Waals surface area contributed by atoms with Crippen molar-refractivity contribution in [2.24, 2.45) is 16.7 Å². The van der Waals surface area contributed by atoms with Crippen LogP contribution in [0.1, 0.15) is 52.0 Å². The number of nitrogens with zero attached hydrogens (tertiary/aromatic N) is 2. The number of hydrogen-bond acceptors (Lipinski definition) is 5. The van der Waals surface area contributed by atoms with Crippen molar-refractivity contribution in [2.45, 2.75) is 52.6 Å². The predicted molar refractivity (Wildman–Crippen MR) is 132 cm³/mol. The number of aliphatic hydroxyl groups excluding tert-OH is 1. The number of likely N-dealkylation sites (tertiary alicyclic amines) is 1. The third-order valence-corrected chi connectivity index (χ3v) is 8.75. The van der Waals surface area contributed by atoms with Crippen molar-refractivity contribution in [1.82, 2.24) is 9.80 Å². The fourth-order valence-corrected chi connectivity index (χ4v) is 6.44. The van der Waals surface area contributed by atoms with E-state index in [1.165, 1.54) is 12.1 Å². The molecule has 1 heterocycles.